The number of halogens is 1. The Bertz CT molecular complexity index is 583. The van der Waals surface area contributed by atoms with Gasteiger partial charge in [0.2, 0.25) is 0 Å². The molecule has 0 N–H and O–H groups in total. The molecule has 2 heterocycles. The number of hydrogen-bond acceptors (Lipinski definition) is 2. The molecule has 2 nitrogen and oxygen atoms in total. The third-order valence-electron chi connectivity index (χ3n) is 4.07. The van der Waals surface area contributed by atoms with E-state index in [1.165, 1.54) is 29.5 Å². The highest BCUT2D eigenvalue weighted by atomic mass is 35.5. The number of aryl methyl sites for hydroxylation is 1. The first kappa shape index (κ1) is 13.6. The van der Waals surface area contributed by atoms with Crippen molar-refractivity contribution in [1.29, 1.82) is 0 Å². The van der Waals surface area contributed by atoms with Gasteiger partial charge in [-0.25, -0.2) is 4.98 Å². The standard InChI is InChI=1S/C17H19ClN2/c1-13-10-17(18)19-11-15(13)16-8-5-9-20(16)12-14-6-3-2-4-7-14/h2-4,6-7,10-11,16H,5,8-9,12H2,1H3. The molecule has 3 heteroatoms. The Morgan fingerprint density at radius 3 is 2.85 bits per heavy atom. The Hall–Kier alpha value is -1.38. The smallest absolute Gasteiger partial charge is 0.129 e. The molecule has 20 heavy (non-hydrogen) atoms. The molecule has 1 saturated heterocycles. The maximum Gasteiger partial charge on any atom is 0.129 e. The molecule has 1 fully saturated rings. The molecule has 2 aromatic rings. The van der Waals surface area contributed by atoms with Crippen LogP contribution in [0, 0.1) is 6.92 Å². The van der Waals surface area contributed by atoms with Crippen molar-refractivity contribution in [3.05, 3.63) is 64.4 Å². The van der Waals surface area contributed by atoms with Crippen molar-refractivity contribution in [3.63, 3.8) is 0 Å². The van der Waals surface area contributed by atoms with E-state index in [0.717, 1.165) is 13.1 Å². The fraction of sp³-hybridized carbons (Fsp3) is 0.353. The summed E-state index contributed by atoms with van der Waals surface area (Å²) in [6.45, 7) is 4.29. The first-order valence-corrected chi connectivity index (χ1v) is 7.52. The monoisotopic (exact) mass is 286 g/mol. The molecule has 1 aliphatic rings. The molecule has 1 aromatic heterocycles. The normalized spacial score (nSPS) is 19.4. The summed E-state index contributed by atoms with van der Waals surface area (Å²) < 4.78 is 0. The summed E-state index contributed by atoms with van der Waals surface area (Å²) in [7, 11) is 0. The molecular formula is C17H19ClN2. The third kappa shape index (κ3) is 2.87. The van der Waals surface area contributed by atoms with E-state index < -0.39 is 0 Å². The quantitative estimate of drug-likeness (QED) is 0.779. The molecule has 0 radical (unpaired) electrons. The molecule has 0 aliphatic carbocycles. The number of benzene rings is 1. The summed E-state index contributed by atoms with van der Waals surface area (Å²) in [5.41, 5.74) is 3.94. The van der Waals surface area contributed by atoms with E-state index in [4.69, 9.17) is 11.6 Å². The lowest BCUT2D eigenvalue weighted by molar-refractivity contribution is 0.247. The van der Waals surface area contributed by atoms with Crippen molar-refractivity contribution in [2.45, 2.75) is 32.4 Å². The number of rotatable bonds is 3. The van der Waals surface area contributed by atoms with Crippen molar-refractivity contribution in [2.24, 2.45) is 0 Å². The fourth-order valence-corrected chi connectivity index (χ4v) is 3.28. The van der Waals surface area contributed by atoms with Crippen molar-refractivity contribution in [1.82, 2.24) is 9.88 Å². The van der Waals surface area contributed by atoms with Crippen LogP contribution in [0.1, 0.15) is 35.6 Å². The number of nitrogens with zero attached hydrogens (tertiary/aromatic N) is 2. The maximum atomic E-state index is 5.97. The molecule has 0 bridgehead atoms. The van der Waals surface area contributed by atoms with Crippen LogP contribution in [0.3, 0.4) is 0 Å². The second-order valence-electron chi connectivity index (χ2n) is 5.48. The maximum absolute atomic E-state index is 5.97. The van der Waals surface area contributed by atoms with Crippen LogP contribution in [0.25, 0.3) is 0 Å². The highest BCUT2D eigenvalue weighted by molar-refractivity contribution is 6.29. The zero-order valence-electron chi connectivity index (χ0n) is 11.7. The lowest BCUT2D eigenvalue weighted by Crippen LogP contribution is -2.23. The highest BCUT2D eigenvalue weighted by Gasteiger charge is 2.27. The van der Waals surface area contributed by atoms with Crippen molar-refractivity contribution in [2.75, 3.05) is 6.54 Å². The van der Waals surface area contributed by atoms with E-state index in [9.17, 15) is 0 Å². The van der Waals surface area contributed by atoms with Gasteiger partial charge in [0.1, 0.15) is 5.15 Å². The van der Waals surface area contributed by atoms with E-state index in [-0.39, 0.29) is 0 Å². The van der Waals surface area contributed by atoms with Gasteiger partial charge in [-0.1, -0.05) is 41.9 Å². The SMILES string of the molecule is Cc1cc(Cl)ncc1C1CCCN1Cc1ccccc1. The minimum atomic E-state index is 0.472. The Balaban J connectivity index is 1.82. The van der Waals surface area contributed by atoms with Gasteiger partial charge in [-0.2, -0.15) is 0 Å². The molecule has 0 saturated carbocycles. The van der Waals surface area contributed by atoms with Crippen molar-refractivity contribution >= 4 is 11.6 Å². The minimum absolute atomic E-state index is 0.472. The van der Waals surface area contributed by atoms with Gasteiger partial charge in [0.05, 0.1) is 0 Å². The van der Waals surface area contributed by atoms with E-state index in [1.807, 2.05) is 12.3 Å². The minimum Gasteiger partial charge on any atom is -0.292 e. The summed E-state index contributed by atoms with van der Waals surface area (Å²) in [6, 6.07) is 13.1. The summed E-state index contributed by atoms with van der Waals surface area (Å²) >= 11 is 5.97. The summed E-state index contributed by atoms with van der Waals surface area (Å²) in [4.78, 5) is 6.81. The van der Waals surface area contributed by atoms with Gasteiger partial charge in [-0.05, 0) is 49.1 Å². The number of likely N-dealkylation sites (tertiary alicyclic amines) is 1. The second-order valence-corrected chi connectivity index (χ2v) is 5.86. The van der Waals surface area contributed by atoms with E-state index in [0.29, 0.717) is 11.2 Å². The Kier molecular flexibility index (Phi) is 4.04. The average molecular weight is 287 g/mol. The number of hydrogen-bond donors (Lipinski definition) is 0. The summed E-state index contributed by atoms with van der Waals surface area (Å²) in [5.74, 6) is 0. The van der Waals surface area contributed by atoms with E-state index in [1.54, 1.807) is 0 Å². The van der Waals surface area contributed by atoms with Gasteiger partial charge >= 0.3 is 0 Å². The Morgan fingerprint density at radius 2 is 2.10 bits per heavy atom. The van der Waals surface area contributed by atoms with Crippen LogP contribution >= 0.6 is 11.6 Å². The zero-order chi connectivity index (χ0) is 13.9. The summed E-state index contributed by atoms with van der Waals surface area (Å²) in [6.07, 6.45) is 4.40. The van der Waals surface area contributed by atoms with Crippen LogP contribution in [0.5, 0.6) is 0 Å². The van der Waals surface area contributed by atoms with E-state index >= 15 is 0 Å². The predicted octanol–water partition coefficient (Wildman–Crippen LogP) is 4.38. The van der Waals surface area contributed by atoms with Gasteiger partial charge in [0.15, 0.2) is 0 Å². The molecule has 0 spiro atoms. The van der Waals surface area contributed by atoms with Gasteiger partial charge in [0.25, 0.3) is 0 Å². The van der Waals surface area contributed by atoms with Crippen LogP contribution in [0.4, 0.5) is 0 Å². The summed E-state index contributed by atoms with van der Waals surface area (Å²) in [5, 5.41) is 0.582. The molecule has 1 unspecified atom stereocenters. The Morgan fingerprint density at radius 1 is 1.30 bits per heavy atom. The van der Waals surface area contributed by atoms with Crippen LogP contribution in [0.2, 0.25) is 5.15 Å². The van der Waals surface area contributed by atoms with Crippen molar-refractivity contribution in [3.8, 4) is 0 Å². The molecular weight excluding hydrogens is 268 g/mol. The second kappa shape index (κ2) is 5.94. The van der Waals surface area contributed by atoms with Gasteiger partial charge in [-0.3, -0.25) is 4.90 Å². The predicted molar refractivity (Wildman–Crippen MR) is 82.8 cm³/mol. The topological polar surface area (TPSA) is 16.1 Å². The van der Waals surface area contributed by atoms with Gasteiger partial charge < -0.3 is 0 Å². The lowest BCUT2D eigenvalue weighted by atomic mass is 10.0. The van der Waals surface area contributed by atoms with E-state index in [2.05, 4.69) is 47.1 Å². The molecule has 3 rings (SSSR count). The first-order valence-electron chi connectivity index (χ1n) is 7.14. The highest BCUT2D eigenvalue weighted by Crippen LogP contribution is 2.34. The molecule has 104 valence electrons. The van der Waals surface area contributed by atoms with Gasteiger partial charge in [-0.15, -0.1) is 0 Å². The fourth-order valence-electron chi connectivity index (χ4n) is 3.07. The molecule has 1 aromatic carbocycles. The Labute approximate surface area is 125 Å². The van der Waals surface area contributed by atoms with Crippen LogP contribution in [0.15, 0.2) is 42.6 Å². The van der Waals surface area contributed by atoms with Crippen LogP contribution < -0.4 is 0 Å². The van der Waals surface area contributed by atoms with Gasteiger partial charge in [0, 0.05) is 18.8 Å². The number of aromatic nitrogens is 1. The number of pyridine rings is 1. The molecule has 1 aliphatic heterocycles. The lowest BCUT2D eigenvalue weighted by Gasteiger charge is -2.26. The largest absolute Gasteiger partial charge is 0.292 e. The molecule has 1 atom stereocenters. The first-order chi connectivity index (χ1) is 9.74. The van der Waals surface area contributed by atoms with Crippen LogP contribution in [-0.4, -0.2) is 16.4 Å². The van der Waals surface area contributed by atoms with Crippen molar-refractivity contribution < 1.29 is 0 Å². The zero-order valence-corrected chi connectivity index (χ0v) is 12.5. The molecule has 0 amide bonds. The van der Waals surface area contributed by atoms with Crippen LogP contribution in [-0.2, 0) is 6.54 Å². The third-order valence-corrected chi connectivity index (χ3v) is 4.28. The average Bonchev–Trinajstić information content (AvgIpc) is 2.88.